The van der Waals surface area contributed by atoms with E-state index in [1.807, 2.05) is 30.3 Å². The van der Waals surface area contributed by atoms with Gasteiger partial charge in [0.25, 0.3) is 0 Å². The number of amides is 2. The number of carbonyl (C=O) groups is 3. The second-order valence-electron chi connectivity index (χ2n) is 9.29. The summed E-state index contributed by atoms with van der Waals surface area (Å²) in [5.74, 6) is -1.48. The second kappa shape index (κ2) is 13.5. The molecule has 10 nitrogen and oxygen atoms in total. The highest BCUT2D eigenvalue weighted by Crippen LogP contribution is 2.19. The largest absolute Gasteiger partial charge is 0.479 e. The average molecular weight is 503 g/mol. The van der Waals surface area contributed by atoms with Gasteiger partial charge in [-0.15, -0.1) is 0 Å². The number of hydrogen-bond acceptors (Lipinski definition) is 7. The average Bonchev–Trinajstić information content (AvgIpc) is 3.25. The van der Waals surface area contributed by atoms with Crippen molar-refractivity contribution in [3.63, 3.8) is 0 Å². The Bertz CT molecular complexity index is 978. The number of nitrogens with zero attached hydrogens (tertiary/aromatic N) is 1. The lowest BCUT2D eigenvalue weighted by Crippen LogP contribution is -2.44. The standard InChI is InChI=1S/C18H26N2O5.C8H8O3/c1-18(2,3)25-16(22)19-15-10-20(9-14(15)11-21)17(23)24-12-13-7-5-4-6-8-13;9-7(8(10)11)6-4-2-1-3-5-6/h4-8,14-15,21H,9-12H2,1-3H3,(H,19,22);1-5,7,9H,(H,10,11)/t14-,15-;7-/m10/s1. The number of likely N-dealkylation sites (tertiary alicyclic amines) is 1. The molecule has 0 unspecified atom stereocenters. The third-order valence-electron chi connectivity index (χ3n) is 5.19. The molecule has 0 spiro atoms. The number of hydrogen-bond donors (Lipinski definition) is 4. The molecule has 2 aromatic rings. The maximum atomic E-state index is 12.2. The van der Waals surface area contributed by atoms with Gasteiger partial charge in [-0.1, -0.05) is 60.7 Å². The molecule has 36 heavy (non-hydrogen) atoms. The van der Waals surface area contributed by atoms with Crippen molar-refractivity contribution in [3.8, 4) is 0 Å². The van der Waals surface area contributed by atoms with Crippen LogP contribution in [-0.4, -0.2) is 69.7 Å². The first-order valence-corrected chi connectivity index (χ1v) is 11.5. The number of nitrogens with one attached hydrogen (secondary N) is 1. The second-order valence-corrected chi connectivity index (χ2v) is 9.29. The van der Waals surface area contributed by atoms with Crippen LogP contribution in [0.25, 0.3) is 0 Å². The Kier molecular flexibility index (Phi) is 10.7. The van der Waals surface area contributed by atoms with Crippen molar-refractivity contribution in [2.45, 2.75) is 45.1 Å². The van der Waals surface area contributed by atoms with Crippen molar-refractivity contribution < 1.29 is 39.2 Å². The van der Waals surface area contributed by atoms with E-state index in [1.165, 1.54) is 4.90 Å². The molecule has 3 rings (SSSR count). The zero-order valence-electron chi connectivity index (χ0n) is 20.7. The maximum Gasteiger partial charge on any atom is 0.410 e. The van der Waals surface area contributed by atoms with Crippen LogP contribution in [0.3, 0.4) is 0 Å². The van der Waals surface area contributed by atoms with Gasteiger partial charge in [0.05, 0.1) is 6.04 Å². The fraction of sp³-hybridized carbons (Fsp3) is 0.423. The van der Waals surface area contributed by atoms with Crippen LogP contribution in [0.4, 0.5) is 9.59 Å². The molecule has 1 heterocycles. The Morgan fingerprint density at radius 3 is 2.14 bits per heavy atom. The summed E-state index contributed by atoms with van der Waals surface area (Å²) in [5, 5.41) is 29.6. The minimum atomic E-state index is -1.41. The molecule has 0 aromatic heterocycles. The van der Waals surface area contributed by atoms with Crippen molar-refractivity contribution in [2.75, 3.05) is 19.7 Å². The summed E-state index contributed by atoms with van der Waals surface area (Å²) in [7, 11) is 0. The van der Waals surface area contributed by atoms with E-state index < -0.39 is 29.9 Å². The van der Waals surface area contributed by atoms with Crippen LogP contribution in [0, 0.1) is 5.92 Å². The first kappa shape index (κ1) is 28.6. The molecule has 1 aliphatic heterocycles. The number of carboxylic acids is 1. The Morgan fingerprint density at radius 2 is 1.61 bits per heavy atom. The topological polar surface area (TPSA) is 146 Å². The zero-order chi connectivity index (χ0) is 26.7. The summed E-state index contributed by atoms with van der Waals surface area (Å²) in [5.41, 5.74) is 0.697. The number of rotatable bonds is 6. The summed E-state index contributed by atoms with van der Waals surface area (Å²) >= 11 is 0. The Labute approximate surface area is 210 Å². The first-order chi connectivity index (χ1) is 17.0. The number of benzene rings is 2. The normalized spacial score (nSPS) is 17.9. The molecule has 4 N–H and O–H groups in total. The highest BCUT2D eigenvalue weighted by molar-refractivity contribution is 5.74. The van der Waals surface area contributed by atoms with E-state index in [0.717, 1.165) is 5.56 Å². The lowest BCUT2D eigenvalue weighted by molar-refractivity contribution is -0.146. The van der Waals surface area contributed by atoms with E-state index in [9.17, 15) is 19.5 Å². The summed E-state index contributed by atoms with van der Waals surface area (Å²) < 4.78 is 10.5. The van der Waals surface area contributed by atoms with Gasteiger partial charge in [0, 0.05) is 25.6 Å². The first-order valence-electron chi connectivity index (χ1n) is 11.5. The quantitative estimate of drug-likeness (QED) is 0.472. The van der Waals surface area contributed by atoms with Crippen LogP contribution >= 0.6 is 0 Å². The number of carboxylic acid groups (broad SMARTS) is 1. The molecule has 3 atom stereocenters. The van der Waals surface area contributed by atoms with Crippen LogP contribution < -0.4 is 5.32 Å². The van der Waals surface area contributed by atoms with Crippen molar-refractivity contribution in [2.24, 2.45) is 5.92 Å². The van der Waals surface area contributed by atoms with Crippen molar-refractivity contribution in [1.82, 2.24) is 10.2 Å². The Balaban J connectivity index is 0.000000346. The lowest BCUT2D eigenvalue weighted by Gasteiger charge is -2.23. The van der Waals surface area contributed by atoms with E-state index in [-0.39, 0.29) is 31.7 Å². The minimum Gasteiger partial charge on any atom is -0.479 e. The Hall–Kier alpha value is -3.63. The predicted molar refractivity (Wildman–Crippen MR) is 131 cm³/mol. The maximum absolute atomic E-state index is 12.2. The third kappa shape index (κ3) is 9.55. The lowest BCUT2D eigenvalue weighted by atomic mass is 10.1. The van der Waals surface area contributed by atoms with Crippen molar-refractivity contribution in [1.29, 1.82) is 0 Å². The van der Waals surface area contributed by atoms with Gasteiger partial charge in [0.1, 0.15) is 12.2 Å². The number of ether oxygens (including phenoxy) is 2. The highest BCUT2D eigenvalue weighted by Gasteiger charge is 2.37. The molecule has 0 aliphatic carbocycles. The monoisotopic (exact) mass is 502 g/mol. The van der Waals surface area contributed by atoms with Crippen molar-refractivity contribution >= 4 is 18.2 Å². The third-order valence-corrected chi connectivity index (χ3v) is 5.19. The van der Waals surface area contributed by atoms with E-state index in [4.69, 9.17) is 19.7 Å². The van der Waals surface area contributed by atoms with Gasteiger partial charge >= 0.3 is 18.2 Å². The molecular formula is C26H34N2O8. The van der Waals surface area contributed by atoms with Gasteiger partial charge in [-0.05, 0) is 31.9 Å². The van der Waals surface area contributed by atoms with E-state index in [1.54, 1.807) is 51.1 Å². The van der Waals surface area contributed by atoms with Crippen molar-refractivity contribution in [3.05, 3.63) is 71.8 Å². The molecule has 0 radical (unpaired) electrons. The number of aliphatic hydroxyl groups is 2. The molecule has 1 fully saturated rings. The van der Waals surface area contributed by atoms with Gasteiger partial charge in [-0.25, -0.2) is 14.4 Å². The molecule has 10 heteroatoms. The predicted octanol–water partition coefficient (Wildman–Crippen LogP) is 2.95. The number of carbonyl (C=O) groups excluding carboxylic acids is 2. The van der Waals surface area contributed by atoms with E-state index in [2.05, 4.69) is 5.32 Å². The van der Waals surface area contributed by atoms with Gasteiger partial charge in [0.2, 0.25) is 0 Å². The number of alkyl carbamates (subject to hydrolysis) is 1. The molecule has 196 valence electrons. The molecule has 1 aliphatic rings. The molecule has 1 saturated heterocycles. The summed E-state index contributed by atoms with van der Waals surface area (Å²) in [4.78, 5) is 35.9. The fourth-order valence-corrected chi connectivity index (χ4v) is 3.42. The van der Waals surface area contributed by atoms with Crippen LogP contribution in [0.15, 0.2) is 60.7 Å². The SMILES string of the molecule is CC(C)(C)OC(=O)N[C@@H]1CN(C(=O)OCc2ccccc2)C[C@@H]1CO.O=C(O)[C@@H](O)c1ccccc1. The smallest absolute Gasteiger partial charge is 0.410 e. The van der Waals surface area contributed by atoms with Gasteiger partial charge in [0.15, 0.2) is 6.10 Å². The molecular weight excluding hydrogens is 468 g/mol. The number of aliphatic hydroxyl groups excluding tert-OH is 2. The van der Waals surface area contributed by atoms with E-state index >= 15 is 0 Å². The zero-order valence-corrected chi connectivity index (χ0v) is 20.7. The van der Waals surface area contributed by atoms with Crippen LogP contribution in [0.5, 0.6) is 0 Å². The number of aliphatic carboxylic acids is 1. The molecule has 0 bridgehead atoms. The van der Waals surface area contributed by atoms with Gasteiger partial charge < -0.3 is 35.0 Å². The Morgan fingerprint density at radius 1 is 1.03 bits per heavy atom. The van der Waals surface area contributed by atoms with Crippen LogP contribution in [-0.2, 0) is 20.9 Å². The molecule has 0 saturated carbocycles. The molecule has 2 amide bonds. The summed E-state index contributed by atoms with van der Waals surface area (Å²) in [6.45, 7) is 5.98. The highest BCUT2D eigenvalue weighted by atomic mass is 16.6. The van der Waals surface area contributed by atoms with Gasteiger partial charge in [-0.2, -0.15) is 0 Å². The molecule has 2 aromatic carbocycles. The van der Waals surface area contributed by atoms with E-state index in [0.29, 0.717) is 12.1 Å². The fourth-order valence-electron chi connectivity index (χ4n) is 3.42. The minimum absolute atomic E-state index is 0.136. The van der Waals surface area contributed by atoms with Crippen LogP contribution in [0.1, 0.15) is 38.0 Å². The van der Waals surface area contributed by atoms with Crippen LogP contribution in [0.2, 0.25) is 0 Å². The summed E-state index contributed by atoms with van der Waals surface area (Å²) in [6, 6.07) is 17.3. The summed E-state index contributed by atoms with van der Waals surface area (Å²) in [6.07, 6.45) is -2.43. The van der Waals surface area contributed by atoms with Gasteiger partial charge in [-0.3, -0.25) is 0 Å².